The predicted octanol–water partition coefficient (Wildman–Crippen LogP) is 3.63. The van der Waals surface area contributed by atoms with E-state index in [4.69, 9.17) is 4.74 Å². The van der Waals surface area contributed by atoms with Gasteiger partial charge in [0.15, 0.2) is 6.10 Å². The second-order valence-electron chi connectivity index (χ2n) is 8.12. The molecule has 1 aliphatic rings. The fourth-order valence-electron chi connectivity index (χ4n) is 3.50. The average Bonchev–Trinajstić information content (AvgIpc) is 2.70. The number of ether oxygens (including phenoxy) is 1. The number of nitrogens with zero attached hydrogens (tertiary/aromatic N) is 2. The Morgan fingerprint density at radius 2 is 1.90 bits per heavy atom. The highest BCUT2D eigenvalue weighted by Crippen LogP contribution is 2.36. The Morgan fingerprint density at radius 1 is 1.17 bits per heavy atom. The van der Waals surface area contributed by atoms with E-state index in [1.54, 1.807) is 11.8 Å². The first kappa shape index (κ1) is 21.8. The first-order chi connectivity index (χ1) is 14.3. The molecule has 1 N–H and O–H groups in total. The summed E-state index contributed by atoms with van der Waals surface area (Å²) >= 11 is 0. The predicted molar refractivity (Wildman–Crippen MR) is 120 cm³/mol. The maximum atomic E-state index is 12.7. The van der Waals surface area contributed by atoms with Gasteiger partial charge in [0.2, 0.25) is 5.91 Å². The van der Waals surface area contributed by atoms with E-state index >= 15 is 0 Å². The average molecular weight is 410 g/mol. The number of hydrogen-bond donors (Lipinski definition) is 1. The van der Waals surface area contributed by atoms with E-state index in [0.717, 1.165) is 18.5 Å². The zero-order valence-corrected chi connectivity index (χ0v) is 18.3. The second kappa shape index (κ2) is 9.76. The molecule has 0 spiro atoms. The molecule has 160 valence electrons. The van der Waals surface area contributed by atoms with Gasteiger partial charge in [-0.2, -0.15) is 0 Å². The van der Waals surface area contributed by atoms with Crippen LogP contribution in [0.2, 0.25) is 0 Å². The summed E-state index contributed by atoms with van der Waals surface area (Å²) < 4.78 is 5.76. The summed E-state index contributed by atoms with van der Waals surface area (Å²) in [5.41, 5.74) is 3.74. The topological polar surface area (TPSA) is 61.9 Å². The van der Waals surface area contributed by atoms with Gasteiger partial charge in [0.25, 0.3) is 5.91 Å². The molecule has 0 aromatic heterocycles. The Bertz CT molecular complexity index is 893. The van der Waals surface area contributed by atoms with Crippen LogP contribution in [-0.4, -0.2) is 50.0 Å². The lowest BCUT2D eigenvalue weighted by molar-refractivity contribution is -0.125. The minimum atomic E-state index is -0.508. The third-order valence-corrected chi connectivity index (χ3v) is 5.20. The van der Waals surface area contributed by atoms with Crippen molar-refractivity contribution in [2.45, 2.75) is 39.2 Å². The molecular formula is C24H31N3O3. The largest absolute Gasteiger partial charge is 0.479 e. The molecule has 0 saturated carbocycles. The highest BCUT2D eigenvalue weighted by molar-refractivity contribution is 6.01. The minimum absolute atomic E-state index is 0.0499. The van der Waals surface area contributed by atoms with Gasteiger partial charge in [-0.25, -0.2) is 0 Å². The van der Waals surface area contributed by atoms with Crippen LogP contribution in [0.15, 0.2) is 42.5 Å². The van der Waals surface area contributed by atoms with E-state index < -0.39 is 6.10 Å². The first-order valence-electron chi connectivity index (χ1n) is 10.5. The van der Waals surface area contributed by atoms with Crippen molar-refractivity contribution in [3.05, 3.63) is 53.6 Å². The number of fused-ring (bicyclic) bond motifs is 1. The van der Waals surface area contributed by atoms with Crippen LogP contribution in [0.25, 0.3) is 0 Å². The number of rotatable bonds is 8. The minimum Gasteiger partial charge on any atom is -0.479 e. The maximum Gasteiger partial charge on any atom is 0.267 e. The van der Waals surface area contributed by atoms with Gasteiger partial charge >= 0.3 is 0 Å². The number of benzene rings is 2. The third kappa shape index (κ3) is 5.60. The molecule has 1 heterocycles. The van der Waals surface area contributed by atoms with E-state index in [-0.39, 0.29) is 11.8 Å². The lowest BCUT2D eigenvalue weighted by atomic mass is 10.1. The van der Waals surface area contributed by atoms with Crippen LogP contribution in [0.5, 0.6) is 5.75 Å². The molecule has 6 nitrogen and oxygen atoms in total. The highest BCUT2D eigenvalue weighted by Gasteiger charge is 2.31. The van der Waals surface area contributed by atoms with Crippen LogP contribution in [0, 0.1) is 6.92 Å². The van der Waals surface area contributed by atoms with Crippen molar-refractivity contribution in [2.24, 2.45) is 0 Å². The normalized spacial score (nSPS) is 15.7. The Morgan fingerprint density at radius 3 is 2.60 bits per heavy atom. The fraction of sp³-hybridized carbons (Fsp3) is 0.417. The lowest BCUT2D eigenvalue weighted by Crippen LogP contribution is -2.45. The molecule has 2 aromatic carbocycles. The van der Waals surface area contributed by atoms with Gasteiger partial charge in [0.1, 0.15) is 5.75 Å². The molecule has 1 atom stereocenters. The molecule has 6 heteroatoms. The number of carbonyl (C=O) groups excluding carboxylic acids is 2. The summed E-state index contributed by atoms with van der Waals surface area (Å²) in [6.45, 7) is 5.32. The number of hydrogen-bond acceptors (Lipinski definition) is 4. The summed E-state index contributed by atoms with van der Waals surface area (Å²) in [6.07, 6.45) is 1.44. The standard InChI is InChI=1S/C24H31N3O3/c1-17-6-8-19(9-7-17)10-13-23(28)25-20-11-12-22-21(16-20)27(15-5-14-26(3)4)24(29)18(2)30-22/h6-9,11-12,16,18H,5,10,13-15H2,1-4H3,(H,25,28). The van der Waals surface area contributed by atoms with Gasteiger partial charge in [-0.05, 0) is 71.1 Å². The maximum absolute atomic E-state index is 12.7. The molecule has 0 aliphatic carbocycles. The van der Waals surface area contributed by atoms with E-state index in [1.165, 1.54) is 5.56 Å². The SMILES string of the molecule is Cc1ccc(CCC(=O)Nc2ccc3c(c2)N(CCCN(C)C)C(=O)C(C)O3)cc1. The zero-order valence-electron chi connectivity index (χ0n) is 18.3. The van der Waals surface area contributed by atoms with Crippen molar-refractivity contribution in [1.29, 1.82) is 0 Å². The smallest absolute Gasteiger partial charge is 0.267 e. The molecule has 0 fully saturated rings. The Labute approximate surface area is 178 Å². The fourth-order valence-corrected chi connectivity index (χ4v) is 3.50. The van der Waals surface area contributed by atoms with Gasteiger partial charge in [0, 0.05) is 18.7 Å². The van der Waals surface area contributed by atoms with Crippen molar-refractivity contribution >= 4 is 23.2 Å². The summed E-state index contributed by atoms with van der Waals surface area (Å²) in [5, 5.41) is 2.95. The number of amides is 2. The molecule has 3 rings (SSSR count). The van der Waals surface area contributed by atoms with Crippen LogP contribution in [0.4, 0.5) is 11.4 Å². The number of aryl methyl sites for hydroxylation is 2. The van der Waals surface area contributed by atoms with Gasteiger partial charge in [-0.1, -0.05) is 29.8 Å². The Hall–Kier alpha value is -2.86. The summed E-state index contributed by atoms with van der Waals surface area (Å²) in [4.78, 5) is 29.0. The lowest BCUT2D eigenvalue weighted by Gasteiger charge is -2.33. The summed E-state index contributed by atoms with van der Waals surface area (Å²) in [5.74, 6) is 0.569. The quantitative estimate of drug-likeness (QED) is 0.723. The van der Waals surface area contributed by atoms with Gasteiger partial charge in [0.05, 0.1) is 5.69 Å². The van der Waals surface area contributed by atoms with Crippen LogP contribution >= 0.6 is 0 Å². The van der Waals surface area contributed by atoms with Crippen molar-refractivity contribution in [3.63, 3.8) is 0 Å². The van der Waals surface area contributed by atoms with Crippen molar-refractivity contribution in [1.82, 2.24) is 4.90 Å². The molecular weight excluding hydrogens is 378 g/mol. The van der Waals surface area contributed by atoms with Gasteiger partial charge < -0.3 is 19.9 Å². The summed E-state index contributed by atoms with van der Waals surface area (Å²) in [6, 6.07) is 13.7. The molecule has 2 amide bonds. The molecule has 1 aliphatic heterocycles. The number of anilines is 2. The molecule has 1 unspecified atom stereocenters. The van der Waals surface area contributed by atoms with Crippen molar-refractivity contribution in [3.8, 4) is 5.75 Å². The molecule has 0 saturated heterocycles. The summed E-state index contributed by atoms with van der Waals surface area (Å²) in [7, 11) is 4.03. The third-order valence-electron chi connectivity index (χ3n) is 5.20. The van der Waals surface area contributed by atoms with Gasteiger partial charge in [-0.15, -0.1) is 0 Å². The molecule has 0 radical (unpaired) electrons. The van der Waals surface area contributed by atoms with E-state index in [9.17, 15) is 9.59 Å². The van der Waals surface area contributed by atoms with Crippen LogP contribution in [0.3, 0.4) is 0 Å². The van der Waals surface area contributed by atoms with Crippen LogP contribution in [-0.2, 0) is 16.0 Å². The van der Waals surface area contributed by atoms with E-state index in [2.05, 4.69) is 34.5 Å². The number of nitrogens with one attached hydrogen (secondary N) is 1. The molecule has 2 aromatic rings. The number of carbonyl (C=O) groups is 2. The van der Waals surface area contributed by atoms with E-state index in [0.29, 0.717) is 36.5 Å². The highest BCUT2D eigenvalue weighted by atomic mass is 16.5. The van der Waals surface area contributed by atoms with Crippen molar-refractivity contribution in [2.75, 3.05) is 37.4 Å². The van der Waals surface area contributed by atoms with Crippen LogP contribution < -0.4 is 15.0 Å². The zero-order chi connectivity index (χ0) is 21.7. The van der Waals surface area contributed by atoms with E-state index in [1.807, 2.05) is 39.2 Å². The Balaban J connectivity index is 1.66. The van der Waals surface area contributed by atoms with Crippen LogP contribution in [0.1, 0.15) is 30.9 Å². The second-order valence-corrected chi connectivity index (χ2v) is 8.12. The van der Waals surface area contributed by atoms with Crippen molar-refractivity contribution < 1.29 is 14.3 Å². The monoisotopic (exact) mass is 409 g/mol. The van der Waals surface area contributed by atoms with Gasteiger partial charge in [-0.3, -0.25) is 9.59 Å². The first-order valence-corrected chi connectivity index (χ1v) is 10.5. The Kier molecular flexibility index (Phi) is 7.11. The molecule has 30 heavy (non-hydrogen) atoms. The molecule has 0 bridgehead atoms.